The Morgan fingerprint density at radius 2 is 1.67 bits per heavy atom. The fraction of sp³-hybridized carbons (Fsp3) is 1.00. The predicted molar refractivity (Wildman–Crippen MR) is 89.7 cm³/mol. The maximum Gasteiger partial charge on any atom is 0.0261 e. The molecule has 0 amide bonds. The number of nitrogens with zero attached hydrogens (tertiary/aromatic N) is 2. The Balaban J connectivity index is 1.60. The van der Waals surface area contributed by atoms with Crippen molar-refractivity contribution in [2.24, 2.45) is 5.92 Å². The largest absolute Gasteiger partial charge is 0.315 e. The van der Waals surface area contributed by atoms with E-state index >= 15 is 0 Å². The van der Waals surface area contributed by atoms with Crippen LogP contribution in [-0.4, -0.2) is 61.2 Å². The first-order valence-corrected chi connectivity index (χ1v) is 9.53. The lowest BCUT2D eigenvalue weighted by molar-refractivity contribution is 0.0639. The van der Waals surface area contributed by atoms with Crippen molar-refractivity contribution in [3.63, 3.8) is 0 Å². The molecule has 3 nitrogen and oxygen atoms in total. The van der Waals surface area contributed by atoms with Gasteiger partial charge in [-0.25, -0.2) is 0 Å². The normalized spacial score (nSPS) is 37.3. The summed E-state index contributed by atoms with van der Waals surface area (Å²) in [6.45, 7) is 10.3. The number of hydrogen-bond donors (Lipinski definition) is 1. The topological polar surface area (TPSA) is 18.5 Å². The number of piperidine rings is 2. The molecule has 122 valence electrons. The van der Waals surface area contributed by atoms with Crippen LogP contribution < -0.4 is 5.32 Å². The minimum atomic E-state index is 0.797. The first-order valence-electron chi connectivity index (χ1n) is 9.53. The fourth-order valence-corrected chi connectivity index (χ4v) is 4.69. The van der Waals surface area contributed by atoms with Gasteiger partial charge >= 0.3 is 0 Å². The SMILES string of the molecule is CC1CCCCN1CC1CCNCC1N1CCCCCC1. The van der Waals surface area contributed by atoms with E-state index in [4.69, 9.17) is 0 Å². The number of hydrogen-bond acceptors (Lipinski definition) is 3. The highest BCUT2D eigenvalue weighted by Gasteiger charge is 2.32. The lowest BCUT2D eigenvalue weighted by Crippen LogP contribution is -2.55. The van der Waals surface area contributed by atoms with Gasteiger partial charge in [-0.3, -0.25) is 4.90 Å². The van der Waals surface area contributed by atoms with Crippen molar-refractivity contribution in [2.45, 2.75) is 70.4 Å². The molecule has 0 bridgehead atoms. The van der Waals surface area contributed by atoms with Crippen LogP contribution in [0.15, 0.2) is 0 Å². The molecule has 21 heavy (non-hydrogen) atoms. The van der Waals surface area contributed by atoms with Gasteiger partial charge in [0.2, 0.25) is 0 Å². The van der Waals surface area contributed by atoms with Gasteiger partial charge < -0.3 is 10.2 Å². The van der Waals surface area contributed by atoms with E-state index in [-0.39, 0.29) is 0 Å². The maximum atomic E-state index is 3.67. The molecule has 3 heterocycles. The highest BCUT2D eigenvalue weighted by molar-refractivity contribution is 4.89. The minimum Gasteiger partial charge on any atom is -0.315 e. The Bertz CT molecular complexity index is 299. The highest BCUT2D eigenvalue weighted by atomic mass is 15.2. The summed E-state index contributed by atoms with van der Waals surface area (Å²) in [6, 6.07) is 1.62. The summed E-state index contributed by atoms with van der Waals surface area (Å²) < 4.78 is 0. The van der Waals surface area contributed by atoms with Crippen molar-refractivity contribution in [2.75, 3.05) is 39.3 Å². The number of likely N-dealkylation sites (tertiary alicyclic amines) is 2. The van der Waals surface area contributed by atoms with Gasteiger partial charge in [0.05, 0.1) is 0 Å². The fourth-order valence-electron chi connectivity index (χ4n) is 4.69. The average molecular weight is 293 g/mol. The van der Waals surface area contributed by atoms with Crippen molar-refractivity contribution < 1.29 is 0 Å². The molecular formula is C18H35N3. The van der Waals surface area contributed by atoms with Gasteiger partial charge in [0.1, 0.15) is 0 Å². The molecule has 1 N–H and O–H groups in total. The van der Waals surface area contributed by atoms with E-state index in [1.165, 1.54) is 90.6 Å². The predicted octanol–water partition coefficient (Wildman–Crippen LogP) is 2.71. The summed E-state index contributed by atoms with van der Waals surface area (Å²) in [4.78, 5) is 5.63. The molecule has 3 aliphatic rings. The summed E-state index contributed by atoms with van der Waals surface area (Å²) in [7, 11) is 0. The summed E-state index contributed by atoms with van der Waals surface area (Å²) in [5.41, 5.74) is 0. The van der Waals surface area contributed by atoms with Crippen LogP contribution in [0.25, 0.3) is 0 Å². The van der Waals surface area contributed by atoms with Gasteiger partial charge in [-0.05, 0) is 71.1 Å². The Hall–Kier alpha value is -0.120. The zero-order valence-corrected chi connectivity index (χ0v) is 14.0. The third-order valence-electron chi connectivity index (χ3n) is 6.11. The second-order valence-corrected chi connectivity index (χ2v) is 7.61. The summed E-state index contributed by atoms with van der Waals surface area (Å²) in [5.74, 6) is 0.893. The first kappa shape index (κ1) is 15.8. The molecule has 3 aliphatic heterocycles. The van der Waals surface area contributed by atoms with Crippen molar-refractivity contribution in [1.29, 1.82) is 0 Å². The van der Waals surface area contributed by atoms with Crippen molar-refractivity contribution in [1.82, 2.24) is 15.1 Å². The Morgan fingerprint density at radius 3 is 2.43 bits per heavy atom. The molecule has 3 rings (SSSR count). The van der Waals surface area contributed by atoms with Gasteiger partial charge in [-0.15, -0.1) is 0 Å². The number of rotatable bonds is 3. The van der Waals surface area contributed by atoms with E-state index in [1.54, 1.807) is 0 Å². The summed E-state index contributed by atoms with van der Waals surface area (Å²) >= 11 is 0. The van der Waals surface area contributed by atoms with E-state index in [0.717, 1.165) is 18.0 Å². The van der Waals surface area contributed by atoms with E-state index < -0.39 is 0 Å². The van der Waals surface area contributed by atoms with Crippen molar-refractivity contribution in [3.8, 4) is 0 Å². The molecule has 0 spiro atoms. The Labute approximate surface area is 131 Å². The van der Waals surface area contributed by atoms with Gasteiger partial charge in [0.25, 0.3) is 0 Å². The van der Waals surface area contributed by atoms with Crippen LogP contribution in [0.1, 0.15) is 58.3 Å². The number of nitrogens with one attached hydrogen (secondary N) is 1. The average Bonchev–Trinajstić information content (AvgIpc) is 2.79. The van der Waals surface area contributed by atoms with Crippen LogP contribution in [0, 0.1) is 5.92 Å². The third-order valence-corrected chi connectivity index (χ3v) is 6.11. The van der Waals surface area contributed by atoms with Gasteiger partial charge in [-0.1, -0.05) is 19.3 Å². The van der Waals surface area contributed by atoms with E-state index in [2.05, 4.69) is 22.0 Å². The summed E-state index contributed by atoms with van der Waals surface area (Å²) in [5, 5.41) is 3.67. The standard InChI is InChI=1S/C18H35N3/c1-16-8-4-7-13-21(16)15-17-9-10-19-14-18(17)20-11-5-2-3-6-12-20/h16-19H,2-15H2,1H3. The van der Waals surface area contributed by atoms with Crippen LogP contribution >= 0.6 is 0 Å². The van der Waals surface area contributed by atoms with E-state index in [9.17, 15) is 0 Å². The zero-order valence-electron chi connectivity index (χ0n) is 14.0. The van der Waals surface area contributed by atoms with Gasteiger partial charge in [-0.2, -0.15) is 0 Å². The molecule has 0 radical (unpaired) electrons. The quantitative estimate of drug-likeness (QED) is 0.863. The van der Waals surface area contributed by atoms with Crippen LogP contribution in [0.5, 0.6) is 0 Å². The van der Waals surface area contributed by atoms with Crippen molar-refractivity contribution >= 4 is 0 Å². The monoisotopic (exact) mass is 293 g/mol. The molecular weight excluding hydrogens is 258 g/mol. The maximum absolute atomic E-state index is 3.67. The second-order valence-electron chi connectivity index (χ2n) is 7.61. The Morgan fingerprint density at radius 1 is 0.905 bits per heavy atom. The highest BCUT2D eigenvalue weighted by Crippen LogP contribution is 2.25. The molecule has 3 saturated heterocycles. The van der Waals surface area contributed by atoms with Crippen LogP contribution in [0.4, 0.5) is 0 Å². The van der Waals surface area contributed by atoms with Gasteiger partial charge in [0, 0.05) is 25.2 Å². The molecule has 3 fully saturated rings. The summed E-state index contributed by atoms with van der Waals surface area (Å²) in [6.07, 6.45) is 11.4. The smallest absolute Gasteiger partial charge is 0.0261 e. The lowest BCUT2D eigenvalue weighted by atomic mass is 9.89. The molecule has 0 aromatic rings. The van der Waals surface area contributed by atoms with Crippen LogP contribution in [0.3, 0.4) is 0 Å². The molecule has 3 unspecified atom stereocenters. The molecule has 3 heteroatoms. The molecule has 0 aromatic carbocycles. The zero-order chi connectivity index (χ0) is 14.5. The van der Waals surface area contributed by atoms with E-state index in [1.807, 2.05) is 0 Å². The molecule has 0 aliphatic carbocycles. The van der Waals surface area contributed by atoms with E-state index in [0.29, 0.717) is 0 Å². The molecule has 3 atom stereocenters. The Kier molecular flexibility index (Phi) is 5.96. The lowest BCUT2D eigenvalue weighted by Gasteiger charge is -2.44. The van der Waals surface area contributed by atoms with Crippen molar-refractivity contribution in [3.05, 3.63) is 0 Å². The van der Waals surface area contributed by atoms with Crippen LogP contribution in [0.2, 0.25) is 0 Å². The third kappa shape index (κ3) is 4.20. The van der Waals surface area contributed by atoms with Crippen LogP contribution in [-0.2, 0) is 0 Å². The molecule has 0 aromatic heterocycles. The molecule has 0 saturated carbocycles. The first-order chi connectivity index (χ1) is 10.3. The second kappa shape index (κ2) is 7.94. The minimum absolute atomic E-state index is 0.797. The van der Waals surface area contributed by atoms with Gasteiger partial charge in [0.15, 0.2) is 0 Å².